The van der Waals surface area contributed by atoms with Gasteiger partial charge in [-0.3, -0.25) is 0 Å². The van der Waals surface area contributed by atoms with Crippen molar-refractivity contribution >= 4 is 21.4 Å². The van der Waals surface area contributed by atoms with Crippen LogP contribution in [0.15, 0.2) is 16.3 Å². The van der Waals surface area contributed by atoms with Gasteiger partial charge in [0.1, 0.15) is 4.21 Å². The Morgan fingerprint density at radius 2 is 2.19 bits per heavy atom. The predicted octanol–water partition coefficient (Wildman–Crippen LogP) is 2.63. The number of aliphatic hydroxyl groups is 1. The first kappa shape index (κ1) is 15.5. The standard InChI is InChI=1S/C15H23NO3S2/c1-2-13-6-7-14(20-13)21(18,19)16-10-9-15(17)8-4-3-5-12(15)11-16/h6-7,12,17H,2-5,8-11H2,1H3. The molecule has 0 radical (unpaired) electrons. The third-order valence-electron chi connectivity index (χ3n) is 4.97. The maximum Gasteiger partial charge on any atom is 0.252 e. The van der Waals surface area contributed by atoms with Gasteiger partial charge in [0, 0.05) is 23.9 Å². The van der Waals surface area contributed by atoms with Crippen molar-refractivity contribution in [3.8, 4) is 0 Å². The summed E-state index contributed by atoms with van der Waals surface area (Å²) in [5.74, 6) is 0.0976. The van der Waals surface area contributed by atoms with Crippen LogP contribution in [0.5, 0.6) is 0 Å². The molecule has 2 atom stereocenters. The zero-order valence-electron chi connectivity index (χ0n) is 12.4. The first-order chi connectivity index (χ1) is 9.95. The Bertz CT molecular complexity index is 610. The highest BCUT2D eigenvalue weighted by atomic mass is 32.2. The van der Waals surface area contributed by atoms with Crippen LogP contribution in [0.4, 0.5) is 0 Å². The van der Waals surface area contributed by atoms with Crippen LogP contribution in [0.3, 0.4) is 0 Å². The Hall–Kier alpha value is -0.430. The minimum atomic E-state index is -3.39. The van der Waals surface area contributed by atoms with E-state index < -0.39 is 15.6 Å². The summed E-state index contributed by atoms with van der Waals surface area (Å²) >= 11 is 1.37. The van der Waals surface area contributed by atoms with Crippen LogP contribution in [0, 0.1) is 5.92 Å². The summed E-state index contributed by atoms with van der Waals surface area (Å²) in [4.78, 5) is 1.10. The first-order valence-corrected chi connectivity index (χ1v) is 10.0. The number of nitrogens with zero attached hydrogens (tertiary/aromatic N) is 1. The van der Waals surface area contributed by atoms with Gasteiger partial charge in [0.05, 0.1) is 5.60 Å². The van der Waals surface area contributed by atoms with Crippen molar-refractivity contribution in [3.05, 3.63) is 17.0 Å². The number of piperidine rings is 1. The molecular formula is C15H23NO3S2. The molecular weight excluding hydrogens is 306 g/mol. The SMILES string of the molecule is CCc1ccc(S(=O)(=O)N2CCC3(O)CCCCC3C2)s1. The van der Waals surface area contributed by atoms with Gasteiger partial charge in [0.15, 0.2) is 0 Å². The Morgan fingerprint density at radius 3 is 2.90 bits per heavy atom. The van der Waals surface area contributed by atoms with E-state index in [-0.39, 0.29) is 5.92 Å². The smallest absolute Gasteiger partial charge is 0.252 e. The maximum atomic E-state index is 12.8. The molecule has 3 rings (SSSR count). The van der Waals surface area contributed by atoms with E-state index in [9.17, 15) is 13.5 Å². The fourth-order valence-electron chi connectivity index (χ4n) is 3.57. The first-order valence-electron chi connectivity index (χ1n) is 7.77. The number of aryl methyl sites for hydroxylation is 1. The summed E-state index contributed by atoms with van der Waals surface area (Å²) in [6.07, 6.45) is 5.35. The Morgan fingerprint density at radius 1 is 1.38 bits per heavy atom. The number of rotatable bonds is 3. The molecule has 0 aromatic carbocycles. The molecule has 0 spiro atoms. The van der Waals surface area contributed by atoms with Crippen LogP contribution in [-0.4, -0.2) is 36.5 Å². The quantitative estimate of drug-likeness (QED) is 0.927. The Labute approximate surface area is 130 Å². The Kier molecular flexibility index (Phi) is 4.16. The lowest BCUT2D eigenvalue weighted by atomic mass is 9.72. The molecule has 118 valence electrons. The van der Waals surface area contributed by atoms with E-state index in [0.29, 0.717) is 23.7 Å². The lowest BCUT2D eigenvalue weighted by Gasteiger charge is -2.46. The van der Waals surface area contributed by atoms with Crippen LogP contribution in [0.1, 0.15) is 43.9 Å². The van der Waals surface area contributed by atoms with Crippen molar-refractivity contribution < 1.29 is 13.5 Å². The number of fused-ring (bicyclic) bond motifs is 1. The molecule has 6 heteroatoms. The van der Waals surface area contributed by atoms with Gasteiger partial charge in [-0.2, -0.15) is 4.31 Å². The van der Waals surface area contributed by atoms with Crippen molar-refractivity contribution in [2.45, 2.75) is 55.3 Å². The van der Waals surface area contributed by atoms with Gasteiger partial charge in [0.25, 0.3) is 10.0 Å². The molecule has 1 aromatic heterocycles. The van der Waals surface area contributed by atoms with Crippen LogP contribution >= 0.6 is 11.3 Å². The van der Waals surface area contributed by atoms with Gasteiger partial charge >= 0.3 is 0 Å². The monoisotopic (exact) mass is 329 g/mol. The van der Waals surface area contributed by atoms with Crippen LogP contribution < -0.4 is 0 Å². The average Bonchev–Trinajstić information content (AvgIpc) is 2.95. The minimum Gasteiger partial charge on any atom is -0.390 e. The zero-order chi connectivity index (χ0) is 15.1. The van der Waals surface area contributed by atoms with Gasteiger partial charge in [-0.05, 0) is 37.8 Å². The van der Waals surface area contributed by atoms with Crippen molar-refractivity contribution in [1.29, 1.82) is 0 Å². The highest BCUT2D eigenvalue weighted by Crippen LogP contribution is 2.41. The second-order valence-corrected chi connectivity index (χ2v) is 9.57. The highest BCUT2D eigenvalue weighted by molar-refractivity contribution is 7.91. The maximum absolute atomic E-state index is 12.8. The van der Waals surface area contributed by atoms with Crippen molar-refractivity contribution in [1.82, 2.24) is 4.31 Å². The van der Waals surface area contributed by atoms with Gasteiger partial charge < -0.3 is 5.11 Å². The van der Waals surface area contributed by atoms with Gasteiger partial charge in [0.2, 0.25) is 0 Å². The summed E-state index contributed by atoms with van der Waals surface area (Å²) in [6.45, 7) is 2.94. The summed E-state index contributed by atoms with van der Waals surface area (Å²) in [6, 6.07) is 3.62. The number of thiophene rings is 1. The van der Waals surface area contributed by atoms with Crippen molar-refractivity contribution in [2.24, 2.45) is 5.92 Å². The molecule has 2 heterocycles. The molecule has 2 aliphatic rings. The molecule has 4 nitrogen and oxygen atoms in total. The molecule has 0 amide bonds. The second kappa shape index (κ2) is 5.65. The number of hydrogen-bond acceptors (Lipinski definition) is 4. The number of sulfonamides is 1. The topological polar surface area (TPSA) is 57.6 Å². The van der Waals surface area contributed by atoms with Crippen molar-refractivity contribution in [2.75, 3.05) is 13.1 Å². The fraction of sp³-hybridized carbons (Fsp3) is 0.733. The van der Waals surface area contributed by atoms with E-state index in [2.05, 4.69) is 0 Å². The molecule has 21 heavy (non-hydrogen) atoms. The summed E-state index contributed by atoms with van der Waals surface area (Å²) in [5.41, 5.74) is -0.631. The molecule has 0 bridgehead atoms. The van der Waals surface area contributed by atoms with E-state index in [4.69, 9.17) is 0 Å². The van der Waals surface area contributed by atoms with Crippen LogP contribution in [0.25, 0.3) is 0 Å². The Balaban J connectivity index is 1.81. The van der Waals surface area contributed by atoms with Gasteiger partial charge in [-0.25, -0.2) is 8.42 Å². The highest BCUT2D eigenvalue weighted by Gasteiger charge is 2.45. The van der Waals surface area contributed by atoms with E-state index in [1.807, 2.05) is 13.0 Å². The molecule has 1 aliphatic carbocycles. The summed E-state index contributed by atoms with van der Waals surface area (Å²) < 4.78 is 27.5. The minimum absolute atomic E-state index is 0.0976. The third kappa shape index (κ3) is 2.79. The summed E-state index contributed by atoms with van der Waals surface area (Å²) in [7, 11) is -3.39. The van der Waals surface area contributed by atoms with E-state index >= 15 is 0 Å². The molecule has 2 unspecified atom stereocenters. The van der Waals surface area contributed by atoms with Crippen LogP contribution in [0.2, 0.25) is 0 Å². The average molecular weight is 329 g/mol. The molecule has 2 fully saturated rings. The predicted molar refractivity (Wildman–Crippen MR) is 84.0 cm³/mol. The largest absolute Gasteiger partial charge is 0.390 e. The number of hydrogen-bond donors (Lipinski definition) is 1. The van der Waals surface area contributed by atoms with Crippen molar-refractivity contribution in [3.63, 3.8) is 0 Å². The lowest BCUT2D eigenvalue weighted by molar-refractivity contribution is -0.0816. The molecule has 1 aliphatic heterocycles. The molecule has 1 aromatic rings. The normalized spacial score (nSPS) is 31.0. The van der Waals surface area contributed by atoms with Gasteiger partial charge in [-0.15, -0.1) is 11.3 Å². The lowest BCUT2D eigenvalue weighted by Crippen LogP contribution is -2.54. The molecule has 1 N–H and O–H groups in total. The van der Waals surface area contributed by atoms with E-state index in [0.717, 1.165) is 37.0 Å². The van der Waals surface area contributed by atoms with E-state index in [1.54, 1.807) is 10.4 Å². The third-order valence-corrected chi connectivity index (χ3v) is 8.53. The molecule has 1 saturated heterocycles. The van der Waals surface area contributed by atoms with Gasteiger partial charge in [-0.1, -0.05) is 19.8 Å². The fourth-order valence-corrected chi connectivity index (χ4v) is 6.51. The summed E-state index contributed by atoms with van der Waals surface area (Å²) in [5, 5.41) is 10.7. The molecule has 1 saturated carbocycles. The second-order valence-electron chi connectivity index (χ2n) is 6.23. The van der Waals surface area contributed by atoms with E-state index in [1.165, 1.54) is 11.3 Å². The zero-order valence-corrected chi connectivity index (χ0v) is 14.0. The van der Waals surface area contributed by atoms with Crippen LogP contribution in [-0.2, 0) is 16.4 Å².